The van der Waals surface area contributed by atoms with Crippen LogP contribution in [0.25, 0.3) is 38.0 Å². The fourth-order valence-electron chi connectivity index (χ4n) is 4.02. The molecule has 30 heavy (non-hydrogen) atoms. The Morgan fingerprint density at radius 2 is 2.00 bits per heavy atom. The lowest BCUT2D eigenvalue weighted by atomic mass is 9.93. The molecule has 4 rings (SSSR count). The molecular weight excluding hydrogens is 368 g/mol. The lowest BCUT2D eigenvalue weighted by Crippen LogP contribution is -2.36. The average Bonchev–Trinajstić information content (AvgIpc) is 3.15. The molecule has 0 spiro atoms. The molecule has 2 heterocycles. The van der Waals surface area contributed by atoms with Gasteiger partial charge in [-0.25, -0.2) is 4.85 Å². The molecule has 0 N–H and O–H groups in total. The minimum absolute atomic E-state index is 0.109. The Bertz CT molecular complexity index is 1590. The van der Waals surface area contributed by atoms with Crippen molar-refractivity contribution in [2.24, 2.45) is 13.0 Å². The van der Waals surface area contributed by atoms with Gasteiger partial charge < -0.3 is 4.42 Å². The third-order valence-electron chi connectivity index (χ3n) is 5.62. The smallest absolute Gasteiger partial charge is 0.216 e. The largest absolute Gasteiger partial charge is 0.456 e. The minimum Gasteiger partial charge on any atom is -0.456 e. The molecule has 0 atom stereocenters. The van der Waals surface area contributed by atoms with E-state index in [0.717, 1.165) is 21.9 Å². The van der Waals surface area contributed by atoms with Crippen molar-refractivity contribution < 1.29 is 17.2 Å². The monoisotopic (exact) mass is 403 g/mol. The molecule has 4 aromatic rings. The zero-order valence-corrected chi connectivity index (χ0v) is 18.2. The Labute approximate surface area is 187 Å². The predicted octanol–water partition coefficient (Wildman–Crippen LogP) is 7.06. The van der Waals surface area contributed by atoms with E-state index < -0.39 is 19.1 Å². The number of aryl methyl sites for hydroxylation is 2. The van der Waals surface area contributed by atoms with Gasteiger partial charge in [0.25, 0.3) is 0 Å². The number of aromatic nitrogens is 1. The number of rotatable bonds is 3. The molecule has 3 nitrogen and oxygen atoms in total. The van der Waals surface area contributed by atoms with Gasteiger partial charge in [0.1, 0.15) is 18.2 Å². The van der Waals surface area contributed by atoms with E-state index in [0.29, 0.717) is 33.8 Å². The zero-order valence-electron chi connectivity index (χ0n) is 24.2. The van der Waals surface area contributed by atoms with Crippen LogP contribution in [-0.4, -0.2) is 0 Å². The van der Waals surface area contributed by atoms with E-state index in [2.05, 4.69) is 4.85 Å². The van der Waals surface area contributed by atoms with E-state index in [1.165, 1.54) is 0 Å². The number of nitrogens with zero attached hydrogens (tertiary/aromatic N) is 2. The fraction of sp³-hybridized carbons (Fsp3) is 0.333. The average molecular weight is 404 g/mol. The molecule has 2 aromatic heterocycles. The maximum Gasteiger partial charge on any atom is 0.216 e. The van der Waals surface area contributed by atoms with Crippen LogP contribution in [0.1, 0.15) is 50.0 Å². The maximum atomic E-state index is 9.21. The summed E-state index contributed by atoms with van der Waals surface area (Å²) >= 11 is 0. The number of furan rings is 1. The standard InChI is InChI=1S/C27H29N2O/c1-15(2)11-20-13-23(29(8)19(6)18(20)5)26-16(3)9-10-22-25-17(4)12-21(28-7)14-24(25)30-27(22)26/h9-10,12-15H,11H2,1-6,8H3/q+1/i5D3,11D2,13D. The van der Waals surface area contributed by atoms with E-state index in [9.17, 15) is 1.37 Å². The number of benzene rings is 2. The molecule has 3 heteroatoms. The third-order valence-corrected chi connectivity index (χ3v) is 5.62. The summed E-state index contributed by atoms with van der Waals surface area (Å²) in [6.07, 6.45) is -2.05. The molecule has 0 aliphatic carbocycles. The second-order valence-corrected chi connectivity index (χ2v) is 8.15. The van der Waals surface area contributed by atoms with Crippen molar-refractivity contribution >= 4 is 27.6 Å². The van der Waals surface area contributed by atoms with Crippen molar-refractivity contribution in [3.63, 3.8) is 0 Å². The van der Waals surface area contributed by atoms with E-state index in [4.69, 9.17) is 17.8 Å². The van der Waals surface area contributed by atoms with Crippen molar-refractivity contribution in [3.8, 4) is 11.3 Å². The molecule has 2 aromatic carbocycles. The van der Waals surface area contributed by atoms with Crippen LogP contribution in [0.15, 0.2) is 34.7 Å². The first kappa shape index (κ1) is 14.0. The summed E-state index contributed by atoms with van der Waals surface area (Å²) < 4.78 is 59.4. The first-order chi connectivity index (χ1) is 16.6. The van der Waals surface area contributed by atoms with Crippen LogP contribution in [0.4, 0.5) is 5.69 Å². The van der Waals surface area contributed by atoms with Crippen molar-refractivity contribution in [1.82, 2.24) is 0 Å². The quantitative estimate of drug-likeness (QED) is 0.265. The highest BCUT2D eigenvalue weighted by atomic mass is 16.3. The molecular formula is C27H29N2O+. The molecule has 0 aliphatic rings. The van der Waals surface area contributed by atoms with E-state index in [-0.39, 0.29) is 17.2 Å². The van der Waals surface area contributed by atoms with Gasteiger partial charge in [0.15, 0.2) is 11.4 Å². The molecule has 0 bridgehead atoms. The van der Waals surface area contributed by atoms with Gasteiger partial charge in [-0.2, -0.15) is 4.57 Å². The Morgan fingerprint density at radius 1 is 1.23 bits per heavy atom. The Balaban J connectivity index is 2.23. The fourth-order valence-corrected chi connectivity index (χ4v) is 4.02. The lowest BCUT2D eigenvalue weighted by molar-refractivity contribution is -0.667. The summed E-state index contributed by atoms with van der Waals surface area (Å²) in [7, 11) is 1.70. The van der Waals surface area contributed by atoms with Crippen molar-refractivity contribution in [2.45, 2.75) is 47.8 Å². The first-order valence-corrected chi connectivity index (χ1v) is 10.0. The summed E-state index contributed by atoms with van der Waals surface area (Å²) in [5, 5.41) is 1.70. The highest BCUT2D eigenvalue weighted by molar-refractivity contribution is 6.11. The summed E-state index contributed by atoms with van der Waals surface area (Å²) in [5.74, 6) is -0.555. The molecule has 0 saturated carbocycles. The number of hydrogen-bond acceptors (Lipinski definition) is 1. The predicted molar refractivity (Wildman–Crippen MR) is 124 cm³/mol. The number of pyridine rings is 1. The van der Waals surface area contributed by atoms with Gasteiger partial charge in [-0.3, -0.25) is 0 Å². The van der Waals surface area contributed by atoms with Crippen LogP contribution in [-0.2, 0) is 13.4 Å². The molecule has 0 fully saturated rings. The van der Waals surface area contributed by atoms with Crippen molar-refractivity contribution in [3.05, 3.63) is 69.7 Å². The van der Waals surface area contributed by atoms with Crippen molar-refractivity contribution in [1.29, 1.82) is 0 Å². The van der Waals surface area contributed by atoms with Crippen LogP contribution >= 0.6 is 0 Å². The van der Waals surface area contributed by atoms with Crippen LogP contribution in [0.3, 0.4) is 0 Å². The maximum absolute atomic E-state index is 9.21. The van der Waals surface area contributed by atoms with E-state index in [1.807, 2.05) is 32.0 Å². The molecule has 0 aliphatic heterocycles. The Kier molecular flexibility index (Phi) is 3.40. The second kappa shape index (κ2) is 7.29. The lowest BCUT2D eigenvalue weighted by Gasteiger charge is -2.14. The van der Waals surface area contributed by atoms with Crippen LogP contribution in [0.5, 0.6) is 0 Å². The van der Waals surface area contributed by atoms with Gasteiger partial charge in [-0.05, 0) is 55.7 Å². The summed E-state index contributed by atoms with van der Waals surface area (Å²) in [6, 6.07) is 7.22. The molecule has 152 valence electrons. The van der Waals surface area contributed by atoms with Crippen LogP contribution < -0.4 is 4.57 Å². The van der Waals surface area contributed by atoms with Gasteiger partial charge in [0, 0.05) is 36.2 Å². The number of hydrogen-bond donors (Lipinski definition) is 0. The summed E-state index contributed by atoms with van der Waals surface area (Å²) in [4.78, 5) is 3.54. The Morgan fingerprint density at radius 3 is 2.67 bits per heavy atom. The van der Waals surface area contributed by atoms with Gasteiger partial charge >= 0.3 is 0 Å². The third kappa shape index (κ3) is 3.08. The van der Waals surface area contributed by atoms with Gasteiger partial charge in [0.2, 0.25) is 5.69 Å². The van der Waals surface area contributed by atoms with Crippen molar-refractivity contribution in [2.75, 3.05) is 0 Å². The number of fused-ring (bicyclic) bond motifs is 3. The highest BCUT2D eigenvalue weighted by Crippen LogP contribution is 2.40. The minimum atomic E-state index is -2.60. The Hall–Kier alpha value is -3.12. The SMILES string of the molecule is [2H]c1c(C([2H])([2H])C(C)C)c(C([2H])([2H])[2H])c(C)[n+](C)c1-c1c(C)ccc2c1oc1cc([N+]#[C-])cc(C)c12. The molecule has 0 radical (unpaired) electrons. The molecule has 0 saturated heterocycles. The highest BCUT2D eigenvalue weighted by Gasteiger charge is 2.25. The normalized spacial score (nSPS) is 15.4. The van der Waals surface area contributed by atoms with E-state index in [1.54, 1.807) is 38.5 Å². The van der Waals surface area contributed by atoms with Gasteiger partial charge in [-0.1, -0.05) is 32.0 Å². The van der Waals surface area contributed by atoms with Crippen LogP contribution in [0.2, 0.25) is 0 Å². The summed E-state index contributed by atoms with van der Waals surface area (Å²) in [6.45, 7) is 13.7. The van der Waals surface area contributed by atoms with Gasteiger partial charge in [-0.15, -0.1) is 0 Å². The summed E-state index contributed by atoms with van der Waals surface area (Å²) in [5.41, 5.74) is 4.41. The van der Waals surface area contributed by atoms with Gasteiger partial charge in [0.05, 0.1) is 13.5 Å². The first-order valence-electron chi connectivity index (χ1n) is 13.0. The second-order valence-electron chi connectivity index (χ2n) is 8.15. The zero-order chi connectivity index (χ0) is 26.9. The topological polar surface area (TPSA) is 21.4 Å². The van der Waals surface area contributed by atoms with Crippen LogP contribution in [0, 0.1) is 40.1 Å². The molecule has 0 unspecified atom stereocenters. The molecule has 0 amide bonds. The van der Waals surface area contributed by atoms with E-state index >= 15 is 0 Å².